The van der Waals surface area contributed by atoms with Crippen molar-refractivity contribution >= 4 is 22.4 Å². The molecule has 1 saturated heterocycles. The van der Waals surface area contributed by atoms with Crippen molar-refractivity contribution in [3.05, 3.63) is 12.5 Å². The lowest BCUT2D eigenvalue weighted by atomic mass is 9.81. The Morgan fingerprint density at radius 2 is 1.68 bits per heavy atom. The van der Waals surface area contributed by atoms with Gasteiger partial charge in [0.05, 0.1) is 11.2 Å². The van der Waals surface area contributed by atoms with Gasteiger partial charge >= 0.3 is 7.12 Å². The molecule has 104 valence electrons. The summed E-state index contributed by atoms with van der Waals surface area (Å²) in [5.74, 6) is 0. The van der Waals surface area contributed by atoms with Crippen LogP contribution in [0, 0.1) is 0 Å². The highest BCUT2D eigenvalue weighted by Gasteiger charge is 2.53. The summed E-state index contributed by atoms with van der Waals surface area (Å²) in [7, 11) is -4.24. The van der Waals surface area contributed by atoms with E-state index in [2.05, 4.69) is 9.97 Å². The van der Waals surface area contributed by atoms with Crippen molar-refractivity contribution in [1.29, 1.82) is 0 Å². The van der Waals surface area contributed by atoms with Gasteiger partial charge in [0.2, 0.25) is 0 Å². The summed E-state index contributed by atoms with van der Waals surface area (Å²) in [6.45, 7) is 7.60. The van der Waals surface area contributed by atoms with Gasteiger partial charge in [-0.15, -0.1) is 0 Å². The second-order valence-corrected chi connectivity index (χ2v) is 7.57. The lowest BCUT2D eigenvalue weighted by Crippen LogP contribution is -2.41. The molecule has 0 atom stereocenters. The predicted molar refractivity (Wildman–Crippen MR) is 70.9 cm³/mol. The van der Waals surface area contributed by atoms with Crippen LogP contribution in [0.25, 0.3) is 0 Å². The second kappa shape index (κ2) is 4.26. The summed E-state index contributed by atoms with van der Waals surface area (Å²) in [6.07, 6.45) is 3.72. The van der Waals surface area contributed by atoms with Crippen molar-refractivity contribution in [2.75, 3.05) is 6.26 Å². The molecule has 0 aromatic carbocycles. The van der Waals surface area contributed by atoms with Gasteiger partial charge in [-0.05, 0) is 27.7 Å². The van der Waals surface area contributed by atoms with Gasteiger partial charge in [-0.1, -0.05) is 0 Å². The highest BCUT2D eigenvalue weighted by molar-refractivity contribution is 7.90. The number of sulfone groups is 1. The monoisotopic (exact) mass is 284 g/mol. The van der Waals surface area contributed by atoms with E-state index in [1.165, 1.54) is 12.5 Å². The molecule has 0 unspecified atom stereocenters. The van der Waals surface area contributed by atoms with Crippen molar-refractivity contribution in [2.24, 2.45) is 0 Å². The molecule has 2 heterocycles. The quantitative estimate of drug-likeness (QED) is 0.569. The first-order valence-corrected chi connectivity index (χ1v) is 7.79. The van der Waals surface area contributed by atoms with Gasteiger partial charge in [0.1, 0.15) is 6.33 Å². The zero-order chi connectivity index (χ0) is 14.5. The Morgan fingerprint density at radius 3 is 2.16 bits per heavy atom. The van der Waals surface area contributed by atoms with Gasteiger partial charge in [0.15, 0.2) is 14.9 Å². The van der Waals surface area contributed by atoms with Crippen molar-refractivity contribution in [3.63, 3.8) is 0 Å². The van der Waals surface area contributed by atoms with Gasteiger partial charge in [0, 0.05) is 17.9 Å². The Hall–Kier alpha value is -0.985. The van der Waals surface area contributed by atoms with Crippen LogP contribution in [0.3, 0.4) is 0 Å². The van der Waals surface area contributed by atoms with Crippen molar-refractivity contribution in [2.45, 2.75) is 43.9 Å². The fourth-order valence-corrected chi connectivity index (χ4v) is 2.59. The molecule has 0 radical (unpaired) electrons. The third-order valence-corrected chi connectivity index (χ3v) is 4.60. The number of rotatable bonds is 2. The van der Waals surface area contributed by atoms with Crippen molar-refractivity contribution in [1.82, 2.24) is 9.97 Å². The zero-order valence-corrected chi connectivity index (χ0v) is 12.5. The lowest BCUT2D eigenvalue weighted by molar-refractivity contribution is 0.00578. The number of hydrogen-bond acceptors (Lipinski definition) is 6. The standard InChI is InChI=1S/C11H17BN2O4S/c1-10(2)11(3,4)18-12(17-10)8-6-13-7-14-9(8)19(5,15)16/h6-7H,1-5H3. The summed E-state index contributed by atoms with van der Waals surface area (Å²) < 4.78 is 35.1. The first-order valence-electron chi connectivity index (χ1n) is 5.90. The van der Waals surface area contributed by atoms with E-state index < -0.39 is 28.2 Å². The van der Waals surface area contributed by atoms with Gasteiger partial charge < -0.3 is 9.31 Å². The highest BCUT2D eigenvalue weighted by Crippen LogP contribution is 2.36. The van der Waals surface area contributed by atoms with E-state index in [4.69, 9.17) is 9.31 Å². The molecular formula is C11H17BN2O4S. The summed E-state index contributed by atoms with van der Waals surface area (Å²) in [6, 6.07) is 0. The topological polar surface area (TPSA) is 78.4 Å². The Morgan fingerprint density at radius 1 is 1.16 bits per heavy atom. The average Bonchev–Trinajstić information content (AvgIpc) is 2.47. The first-order chi connectivity index (χ1) is 8.55. The number of nitrogens with zero attached hydrogens (tertiary/aromatic N) is 2. The fraction of sp³-hybridized carbons (Fsp3) is 0.636. The SMILES string of the molecule is CC1(C)OB(c2cncnc2S(C)(=O)=O)OC1(C)C. The van der Waals surface area contributed by atoms with Crippen LogP contribution in [0.15, 0.2) is 17.6 Å². The smallest absolute Gasteiger partial charge is 0.399 e. The van der Waals surface area contributed by atoms with Crippen molar-refractivity contribution < 1.29 is 17.7 Å². The molecule has 8 heteroatoms. The maximum Gasteiger partial charge on any atom is 0.499 e. The summed E-state index contributed by atoms with van der Waals surface area (Å²) in [5.41, 5.74) is -0.742. The average molecular weight is 284 g/mol. The fourth-order valence-electron chi connectivity index (χ4n) is 1.77. The minimum atomic E-state index is -3.46. The Balaban J connectivity index is 2.47. The molecule has 1 fully saturated rings. The number of aromatic nitrogens is 2. The molecule has 0 N–H and O–H groups in total. The number of hydrogen-bond donors (Lipinski definition) is 0. The molecule has 1 aliphatic heterocycles. The van der Waals surface area contributed by atoms with Gasteiger partial charge in [-0.2, -0.15) is 0 Å². The second-order valence-electron chi connectivity index (χ2n) is 5.64. The summed E-state index contributed by atoms with van der Waals surface area (Å²) in [4.78, 5) is 7.69. The van der Waals surface area contributed by atoms with Crippen LogP contribution in [0.1, 0.15) is 27.7 Å². The summed E-state index contributed by atoms with van der Waals surface area (Å²) in [5, 5.41) is -0.0546. The molecule has 1 aliphatic rings. The molecule has 0 spiro atoms. The Bertz CT molecular complexity index is 584. The van der Waals surface area contributed by atoms with Crippen LogP contribution >= 0.6 is 0 Å². The molecule has 0 saturated carbocycles. The normalized spacial score (nSPS) is 21.6. The molecule has 1 aromatic rings. The van der Waals surface area contributed by atoms with Crippen LogP contribution in [-0.2, 0) is 19.1 Å². The van der Waals surface area contributed by atoms with Crippen molar-refractivity contribution in [3.8, 4) is 0 Å². The molecule has 6 nitrogen and oxygen atoms in total. The molecule has 19 heavy (non-hydrogen) atoms. The van der Waals surface area contributed by atoms with E-state index >= 15 is 0 Å². The summed E-state index contributed by atoms with van der Waals surface area (Å²) >= 11 is 0. The van der Waals surface area contributed by atoms with Gasteiger partial charge in [-0.25, -0.2) is 18.4 Å². The molecule has 0 amide bonds. The minimum absolute atomic E-state index is 0.0546. The Kier molecular flexibility index (Phi) is 3.23. The van der Waals surface area contributed by atoms with Crippen LogP contribution in [0.2, 0.25) is 0 Å². The molecule has 0 aliphatic carbocycles. The third-order valence-electron chi connectivity index (χ3n) is 3.56. The molecule has 2 rings (SSSR count). The van der Waals surface area contributed by atoms with E-state index in [0.29, 0.717) is 5.46 Å². The highest BCUT2D eigenvalue weighted by atomic mass is 32.2. The van der Waals surface area contributed by atoms with Crippen LogP contribution < -0.4 is 5.46 Å². The van der Waals surface area contributed by atoms with Crippen LogP contribution in [-0.4, -0.2) is 43.0 Å². The molecule has 0 bridgehead atoms. The largest absolute Gasteiger partial charge is 0.499 e. The Labute approximate surface area is 113 Å². The van der Waals surface area contributed by atoms with Gasteiger partial charge in [-0.3, -0.25) is 0 Å². The van der Waals surface area contributed by atoms with E-state index in [9.17, 15) is 8.42 Å². The van der Waals surface area contributed by atoms with E-state index in [-0.39, 0.29) is 5.03 Å². The van der Waals surface area contributed by atoms with Crippen LogP contribution in [0.5, 0.6) is 0 Å². The van der Waals surface area contributed by atoms with Gasteiger partial charge in [0.25, 0.3) is 0 Å². The minimum Gasteiger partial charge on any atom is -0.399 e. The molecular weight excluding hydrogens is 267 g/mol. The van der Waals surface area contributed by atoms with E-state index in [0.717, 1.165) is 6.26 Å². The zero-order valence-electron chi connectivity index (χ0n) is 11.7. The predicted octanol–water partition coefficient (Wildman–Crippen LogP) is 0.179. The molecule has 1 aromatic heterocycles. The van der Waals surface area contributed by atoms with E-state index in [1.54, 1.807) is 0 Å². The van der Waals surface area contributed by atoms with Crippen LogP contribution in [0.4, 0.5) is 0 Å². The maximum atomic E-state index is 11.7. The first kappa shape index (κ1) is 14.4. The lowest BCUT2D eigenvalue weighted by Gasteiger charge is -2.32. The third kappa shape index (κ3) is 2.52. The maximum absolute atomic E-state index is 11.7. The van der Waals surface area contributed by atoms with E-state index in [1.807, 2.05) is 27.7 Å².